The summed E-state index contributed by atoms with van der Waals surface area (Å²) in [6, 6.07) is 34.2. The van der Waals surface area contributed by atoms with Crippen LogP contribution < -0.4 is 16.4 Å². The van der Waals surface area contributed by atoms with Gasteiger partial charge in [-0.25, -0.2) is 14.4 Å². The van der Waals surface area contributed by atoms with Gasteiger partial charge in [0.1, 0.15) is 5.82 Å². The molecular formula is C55H67FN10O5. The second kappa shape index (κ2) is 26.8. The largest absolute Gasteiger partial charge is 0.328 e. The van der Waals surface area contributed by atoms with Crippen LogP contribution in [0, 0.1) is 37.9 Å². The molecular weight excluding hydrogens is 900 g/mol. The first-order chi connectivity index (χ1) is 34.2. The van der Waals surface area contributed by atoms with Crippen LogP contribution in [0.5, 0.6) is 0 Å². The second-order valence-electron chi connectivity index (χ2n) is 18.7. The second-order valence-corrected chi connectivity index (χ2v) is 18.7. The van der Waals surface area contributed by atoms with E-state index in [9.17, 15) is 29.4 Å². The summed E-state index contributed by atoms with van der Waals surface area (Å²) in [7, 11) is 6.50. The van der Waals surface area contributed by atoms with Crippen molar-refractivity contribution in [2.24, 2.45) is 17.6 Å². The average molecular weight is 967 g/mol. The Balaban J connectivity index is 0.000000192. The van der Waals surface area contributed by atoms with E-state index < -0.39 is 10.7 Å². The molecule has 0 radical (unpaired) electrons. The third kappa shape index (κ3) is 17.4. The molecule has 5 aromatic carbocycles. The molecule has 0 bridgehead atoms. The molecule has 4 N–H and O–H groups in total. The van der Waals surface area contributed by atoms with Crippen molar-refractivity contribution in [2.75, 3.05) is 71.0 Å². The number of nitrogens with one attached hydrogen (secondary N) is 2. The van der Waals surface area contributed by atoms with Crippen molar-refractivity contribution in [3.8, 4) is 11.1 Å². The summed E-state index contributed by atoms with van der Waals surface area (Å²) in [5.74, 6) is 1.34. The third-order valence-corrected chi connectivity index (χ3v) is 13.1. The average Bonchev–Trinajstić information content (AvgIpc) is 3.37. The highest BCUT2D eigenvalue weighted by molar-refractivity contribution is 6.00. The maximum atomic E-state index is 12.1. The number of nitrogens with zero attached hydrogens (tertiary/aromatic N) is 7. The number of nitro benzene ring substituents is 2. The van der Waals surface area contributed by atoms with Crippen LogP contribution in [-0.4, -0.2) is 107 Å². The van der Waals surface area contributed by atoms with E-state index in [1.54, 1.807) is 12.1 Å². The van der Waals surface area contributed by atoms with Crippen LogP contribution in [0.4, 0.5) is 33.1 Å². The first-order valence-electron chi connectivity index (χ1n) is 24.3. The maximum absolute atomic E-state index is 12.1. The highest BCUT2D eigenvalue weighted by atomic mass is 19.1. The number of hydrogen-bond acceptors (Lipinski definition) is 12. The number of carbonyl (C=O) groups excluding carboxylic acids is 1. The standard InChI is InChI=1S/C30H31N5O.C13H18N2O2.C6H4FNO2.C6H14N2/c1-3-28(36)32-26-8-4-6-23(19-26)27-9-5-7-24-20-31-30(34-29(24)27)33-25-12-10-21(11-13-25)18-22-14-16-35(2)17-15-22;1-14-8-6-12(7-9-14)10-11-2-4-13(5-3-11)15(16)17;7-5-1-3-6(4-2-5)8(9)10;1-8-4-2-6(7)3-5-8/h3-13,19-20,22H,1,14-18H2,2H3,(H,32,36)(H,31,33,34);2-5,12H,6-10H2,1H3;1-4H;6H,2-5,7H2,1H3. The van der Waals surface area contributed by atoms with E-state index in [2.05, 4.69) is 82.3 Å². The number of nitro groups is 2. The summed E-state index contributed by atoms with van der Waals surface area (Å²) >= 11 is 0. The van der Waals surface area contributed by atoms with Gasteiger partial charge in [-0.05, 0) is 183 Å². The number of para-hydroxylation sites is 1. The Kier molecular flexibility index (Phi) is 20.2. The number of aromatic nitrogens is 2. The molecule has 3 fully saturated rings. The Morgan fingerprint density at radius 2 is 1.20 bits per heavy atom. The van der Waals surface area contributed by atoms with Crippen LogP contribution in [0.2, 0.25) is 0 Å². The fourth-order valence-electron chi connectivity index (χ4n) is 8.70. The molecule has 0 atom stereocenters. The van der Waals surface area contributed by atoms with E-state index >= 15 is 0 Å². The van der Waals surface area contributed by atoms with Gasteiger partial charge in [0.2, 0.25) is 11.9 Å². The SMILES string of the molecule is C=CC(=O)Nc1cccc(-c2cccc3cnc(Nc4ccc(CC5CCN(C)CC5)cc4)nc23)c1.CN1CCC(Cc2ccc([N+](=O)[O-])cc2)CC1.CN1CCC(N)CC1.O=[N+]([O-])c1ccc(F)cc1. The summed E-state index contributed by atoms with van der Waals surface area (Å²) < 4.78 is 12.1. The summed E-state index contributed by atoms with van der Waals surface area (Å²) in [5.41, 5.74) is 12.8. The minimum Gasteiger partial charge on any atom is -0.328 e. The molecule has 6 aromatic rings. The van der Waals surface area contributed by atoms with Crippen LogP contribution in [0.1, 0.15) is 49.7 Å². The van der Waals surface area contributed by atoms with Gasteiger partial charge in [-0.15, -0.1) is 0 Å². The van der Waals surface area contributed by atoms with Gasteiger partial charge in [0.05, 0.1) is 15.4 Å². The number of likely N-dealkylation sites (tertiary alicyclic amines) is 3. The molecule has 1 aromatic heterocycles. The van der Waals surface area contributed by atoms with Gasteiger partial charge < -0.3 is 31.1 Å². The Hall–Kier alpha value is -6.98. The Morgan fingerprint density at radius 3 is 1.70 bits per heavy atom. The Labute approximate surface area is 416 Å². The highest BCUT2D eigenvalue weighted by Gasteiger charge is 2.19. The van der Waals surface area contributed by atoms with Gasteiger partial charge in [-0.1, -0.05) is 61.2 Å². The molecule has 3 aliphatic rings. The van der Waals surface area contributed by atoms with Gasteiger partial charge in [0.15, 0.2) is 0 Å². The molecule has 0 saturated carbocycles. The molecule has 1 amide bonds. The number of amides is 1. The number of non-ortho nitro benzene ring substituents is 2. The van der Waals surface area contributed by atoms with Gasteiger partial charge in [-0.2, -0.15) is 0 Å². The summed E-state index contributed by atoms with van der Waals surface area (Å²) in [5, 5.41) is 27.7. The van der Waals surface area contributed by atoms with Crippen LogP contribution in [0.25, 0.3) is 22.0 Å². The Bertz CT molecular complexity index is 2640. The zero-order chi connectivity index (χ0) is 50.7. The van der Waals surface area contributed by atoms with Crippen LogP contribution >= 0.6 is 0 Å². The maximum Gasteiger partial charge on any atom is 0.269 e. The van der Waals surface area contributed by atoms with Crippen molar-refractivity contribution in [1.82, 2.24) is 24.7 Å². The fraction of sp³-hybridized carbons (Fsp3) is 0.364. The van der Waals surface area contributed by atoms with E-state index in [0.29, 0.717) is 17.7 Å². The summed E-state index contributed by atoms with van der Waals surface area (Å²) in [4.78, 5) is 47.8. The molecule has 15 nitrogen and oxygen atoms in total. The van der Waals surface area contributed by atoms with E-state index in [1.807, 2.05) is 60.8 Å². The van der Waals surface area contributed by atoms with Crippen LogP contribution in [0.15, 0.2) is 134 Å². The number of rotatable bonds is 11. The zero-order valence-corrected chi connectivity index (χ0v) is 41.1. The van der Waals surface area contributed by atoms with Gasteiger partial charge in [0, 0.05) is 58.8 Å². The summed E-state index contributed by atoms with van der Waals surface area (Å²) in [6.07, 6.45) is 12.6. The van der Waals surface area contributed by atoms with Crippen LogP contribution in [0.3, 0.4) is 0 Å². The molecule has 16 heteroatoms. The van der Waals surface area contributed by atoms with Crippen molar-refractivity contribution in [3.63, 3.8) is 0 Å². The fourth-order valence-corrected chi connectivity index (χ4v) is 8.70. The van der Waals surface area contributed by atoms with E-state index in [4.69, 9.17) is 10.7 Å². The van der Waals surface area contributed by atoms with Gasteiger partial charge in [-0.3, -0.25) is 25.0 Å². The van der Waals surface area contributed by atoms with Crippen molar-refractivity contribution >= 4 is 45.5 Å². The van der Waals surface area contributed by atoms with Crippen molar-refractivity contribution in [3.05, 3.63) is 171 Å². The minimum atomic E-state index is -0.570. The topological polar surface area (TPSA) is 189 Å². The quantitative estimate of drug-likeness (QED) is 0.0634. The van der Waals surface area contributed by atoms with Crippen molar-refractivity contribution < 1.29 is 19.0 Å². The molecule has 9 rings (SSSR count). The minimum absolute atomic E-state index is 0.0959. The molecule has 0 spiro atoms. The van der Waals surface area contributed by atoms with Gasteiger partial charge in [0.25, 0.3) is 11.4 Å². The molecule has 374 valence electrons. The lowest BCUT2D eigenvalue weighted by Crippen LogP contribution is -2.37. The molecule has 71 heavy (non-hydrogen) atoms. The molecule has 0 unspecified atom stereocenters. The Morgan fingerprint density at radius 1 is 0.704 bits per heavy atom. The number of hydrogen-bond donors (Lipinski definition) is 3. The smallest absolute Gasteiger partial charge is 0.269 e. The lowest BCUT2D eigenvalue weighted by molar-refractivity contribution is -0.385. The number of halogens is 1. The highest BCUT2D eigenvalue weighted by Crippen LogP contribution is 2.30. The lowest BCUT2D eigenvalue weighted by atomic mass is 9.90. The first kappa shape index (κ1) is 53.4. The zero-order valence-electron chi connectivity index (χ0n) is 41.1. The molecule has 3 aliphatic heterocycles. The number of benzene rings is 5. The van der Waals surface area contributed by atoms with E-state index in [0.717, 1.165) is 89.7 Å². The number of carbonyl (C=O) groups is 1. The monoisotopic (exact) mass is 967 g/mol. The van der Waals surface area contributed by atoms with Crippen molar-refractivity contribution in [1.29, 1.82) is 0 Å². The van der Waals surface area contributed by atoms with E-state index in [-0.39, 0.29) is 22.2 Å². The summed E-state index contributed by atoms with van der Waals surface area (Å²) in [6.45, 7) is 10.6. The van der Waals surface area contributed by atoms with E-state index in [1.165, 1.54) is 81.9 Å². The first-order valence-corrected chi connectivity index (χ1v) is 24.3. The number of piperidine rings is 3. The van der Waals surface area contributed by atoms with Crippen molar-refractivity contribution in [2.45, 2.75) is 57.4 Å². The predicted octanol–water partition coefficient (Wildman–Crippen LogP) is 10.3. The number of nitrogens with two attached hydrogens (primary N) is 1. The lowest BCUT2D eigenvalue weighted by Gasteiger charge is -2.28. The predicted molar refractivity (Wildman–Crippen MR) is 282 cm³/mol. The number of anilines is 3. The van der Waals surface area contributed by atoms with Gasteiger partial charge >= 0.3 is 0 Å². The normalized spacial score (nSPS) is 16.0. The molecule has 4 heterocycles. The third-order valence-electron chi connectivity index (χ3n) is 13.1. The number of fused-ring (bicyclic) bond motifs is 1. The molecule has 0 aliphatic carbocycles. The van der Waals surface area contributed by atoms with Crippen LogP contribution in [-0.2, 0) is 17.6 Å². The molecule has 3 saturated heterocycles.